The van der Waals surface area contributed by atoms with Crippen LogP contribution in [-0.2, 0) is 0 Å². The van der Waals surface area contributed by atoms with Crippen molar-refractivity contribution in [2.24, 2.45) is 5.11 Å². The number of fused-ring (bicyclic) bond motifs is 1. The van der Waals surface area contributed by atoms with Gasteiger partial charge in [-0.25, -0.2) is 0 Å². The Morgan fingerprint density at radius 2 is 2.14 bits per heavy atom. The van der Waals surface area contributed by atoms with Crippen molar-refractivity contribution in [1.29, 1.82) is 0 Å². The summed E-state index contributed by atoms with van der Waals surface area (Å²) in [7, 11) is 0. The maximum absolute atomic E-state index is 11.4. The Kier molecular flexibility index (Phi) is 1.93. The van der Waals surface area contributed by atoms with Crippen LogP contribution < -0.4 is 5.56 Å². The van der Waals surface area contributed by atoms with Gasteiger partial charge in [0.1, 0.15) is 5.82 Å². The number of hydrogen-bond acceptors (Lipinski definition) is 2. The van der Waals surface area contributed by atoms with Crippen molar-refractivity contribution in [3.63, 3.8) is 0 Å². The number of aromatic nitrogens is 1. The van der Waals surface area contributed by atoms with Crippen LogP contribution in [0.15, 0.2) is 40.2 Å². The molecule has 0 aliphatic rings. The van der Waals surface area contributed by atoms with Gasteiger partial charge in [0.2, 0.25) is 0 Å². The highest BCUT2D eigenvalue weighted by Gasteiger charge is 1.98. The minimum Gasteiger partial charge on any atom is -0.320 e. The molecule has 14 heavy (non-hydrogen) atoms. The van der Waals surface area contributed by atoms with E-state index in [0.717, 1.165) is 5.39 Å². The lowest BCUT2D eigenvalue weighted by Gasteiger charge is -1.96. The van der Waals surface area contributed by atoms with Crippen LogP contribution >= 0.6 is 0 Å². The number of hydrogen-bond donors (Lipinski definition) is 1. The van der Waals surface area contributed by atoms with Crippen LogP contribution in [0.4, 0.5) is 5.82 Å². The first-order valence-corrected chi connectivity index (χ1v) is 3.98. The fourth-order valence-electron chi connectivity index (χ4n) is 1.30. The summed E-state index contributed by atoms with van der Waals surface area (Å²) in [5, 5.41) is 4.69. The molecule has 1 heterocycles. The van der Waals surface area contributed by atoms with E-state index in [1.807, 2.05) is 6.07 Å². The van der Waals surface area contributed by atoms with Crippen LogP contribution in [-0.4, -0.2) is 4.98 Å². The molecule has 0 saturated carbocycles. The number of aromatic amines is 1. The van der Waals surface area contributed by atoms with Crippen molar-refractivity contribution in [3.05, 3.63) is 51.1 Å². The van der Waals surface area contributed by atoms with Gasteiger partial charge in [-0.1, -0.05) is 18.2 Å². The minimum atomic E-state index is -0.245. The summed E-state index contributed by atoms with van der Waals surface area (Å²) in [6.45, 7) is 0. The molecule has 0 spiro atoms. The molecule has 0 fully saturated rings. The second-order valence-electron chi connectivity index (χ2n) is 2.76. The van der Waals surface area contributed by atoms with E-state index < -0.39 is 0 Å². The summed E-state index contributed by atoms with van der Waals surface area (Å²) >= 11 is 0. The fraction of sp³-hybridized carbons (Fsp3) is 0. The average Bonchev–Trinajstić information content (AvgIpc) is 2.18. The Bertz CT molecular complexity index is 581. The molecule has 0 aliphatic carbocycles. The number of H-pyrrole nitrogens is 1. The van der Waals surface area contributed by atoms with Gasteiger partial charge < -0.3 is 4.98 Å². The maximum Gasteiger partial charge on any atom is 0.256 e. The lowest BCUT2D eigenvalue weighted by Crippen LogP contribution is -2.04. The highest BCUT2D eigenvalue weighted by Crippen LogP contribution is 2.14. The van der Waals surface area contributed by atoms with Gasteiger partial charge in [0, 0.05) is 10.3 Å². The van der Waals surface area contributed by atoms with Gasteiger partial charge in [-0.3, -0.25) is 4.79 Å². The van der Waals surface area contributed by atoms with E-state index in [0.29, 0.717) is 5.39 Å². The first-order valence-electron chi connectivity index (χ1n) is 3.98. The largest absolute Gasteiger partial charge is 0.320 e. The zero-order chi connectivity index (χ0) is 9.97. The van der Waals surface area contributed by atoms with Gasteiger partial charge in [0.25, 0.3) is 5.56 Å². The third-order valence-corrected chi connectivity index (χ3v) is 1.89. The van der Waals surface area contributed by atoms with E-state index in [9.17, 15) is 4.79 Å². The molecule has 0 bridgehead atoms. The van der Waals surface area contributed by atoms with E-state index in [1.165, 1.54) is 0 Å². The zero-order valence-corrected chi connectivity index (χ0v) is 7.14. The molecule has 1 N–H and O–H groups in total. The van der Waals surface area contributed by atoms with E-state index in [1.54, 1.807) is 24.3 Å². The number of rotatable bonds is 1. The third kappa shape index (κ3) is 1.32. The SMILES string of the molecule is [N-]=[N+]=Nc1cc2ccccc2c(=O)[nH]1. The summed E-state index contributed by atoms with van der Waals surface area (Å²) in [4.78, 5) is 16.5. The molecular formula is C9H6N4O. The van der Waals surface area contributed by atoms with Crippen molar-refractivity contribution in [3.8, 4) is 0 Å². The first kappa shape index (κ1) is 8.34. The Morgan fingerprint density at radius 1 is 1.36 bits per heavy atom. The second kappa shape index (κ2) is 3.24. The lowest BCUT2D eigenvalue weighted by atomic mass is 10.2. The highest BCUT2D eigenvalue weighted by atomic mass is 16.1. The van der Waals surface area contributed by atoms with E-state index >= 15 is 0 Å². The van der Waals surface area contributed by atoms with Crippen LogP contribution in [0.5, 0.6) is 0 Å². The smallest absolute Gasteiger partial charge is 0.256 e. The average molecular weight is 186 g/mol. The molecule has 68 valence electrons. The van der Waals surface area contributed by atoms with Crippen LogP contribution in [0.25, 0.3) is 21.2 Å². The second-order valence-corrected chi connectivity index (χ2v) is 2.76. The van der Waals surface area contributed by atoms with Crippen LogP contribution in [0, 0.1) is 0 Å². The molecule has 0 saturated heterocycles. The van der Waals surface area contributed by atoms with Crippen LogP contribution in [0.1, 0.15) is 0 Å². The monoisotopic (exact) mass is 186 g/mol. The Balaban J connectivity index is 2.85. The zero-order valence-electron chi connectivity index (χ0n) is 7.14. The van der Waals surface area contributed by atoms with Crippen molar-refractivity contribution in [2.45, 2.75) is 0 Å². The highest BCUT2D eigenvalue weighted by molar-refractivity contribution is 5.83. The molecular weight excluding hydrogens is 180 g/mol. The Labute approximate surface area is 78.6 Å². The number of pyridine rings is 1. The van der Waals surface area contributed by atoms with Gasteiger partial charge in [0.05, 0.1) is 0 Å². The Hall–Kier alpha value is -2.26. The summed E-state index contributed by atoms with van der Waals surface area (Å²) in [5.41, 5.74) is 7.97. The first-order chi connectivity index (χ1) is 6.81. The van der Waals surface area contributed by atoms with Crippen molar-refractivity contribution in [1.82, 2.24) is 4.98 Å². The normalized spacial score (nSPS) is 9.71. The van der Waals surface area contributed by atoms with Gasteiger partial charge in [-0.15, -0.1) is 0 Å². The summed E-state index contributed by atoms with van der Waals surface area (Å²) in [6, 6.07) is 8.75. The van der Waals surface area contributed by atoms with Gasteiger partial charge in [-0.05, 0) is 28.2 Å². The van der Waals surface area contributed by atoms with Crippen molar-refractivity contribution in [2.75, 3.05) is 0 Å². The number of benzene rings is 1. The Morgan fingerprint density at radius 3 is 2.93 bits per heavy atom. The molecule has 0 aliphatic heterocycles. The molecule has 0 atom stereocenters. The number of azide groups is 1. The topological polar surface area (TPSA) is 81.6 Å². The molecule has 0 amide bonds. The van der Waals surface area contributed by atoms with Crippen LogP contribution in [0.2, 0.25) is 0 Å². The van der Waals surface area contributed by atoms with Crippen molar-refractivity contribution < 1.29 is 0 Å². The molecule has 0 radical (unpaired) electrons. The molecule has 1 aromatic carbocycles. The third-order valence-electron chi connectivity index (χ3n) is 1.89. The fourth-order valence-corrected chi connectivity index (χ4v) is 1.30. The van der Waals surface area contributed by atoms with Crippen molar-refractivity contribution >= 4 is 16.6 Å². The number of nitrogens with zero attached hydrogens (tertiary/aromatic N) is 3. The van der Waals surface area contributed by atoms with Gasteiger partial charge >= 0.3 is 0 Å². The van der Waals surface area contributed by atoms with E-state index in [-0.39, 0.29) is 11.4 Å². The van der Waals surface area contributed by atoms with Gasteiger partial charge in [0.15, 0.2) is 0 Å². The summed E-state index contributed by atoms with van der Waals surface area (Å²) in [6.07, 6.45) is 0. The quantitative estimate of drug-likeness (QED) is 0.414. The standard InChI is InChI=1S/C9H6N4O/c10-13-12-8-5-6-3-1-2-4-7(6)9(14)11-8/h1-5H,(H,11,14). The number of nitrogens with one attached hydrogen (secondary N) is 1. The van der Waals surface area contributed by atoms with Crippen LogP contribution in [0.3, 0.4) is 0 Å². The van der Waals surface area contributed by atoms with E-state index in [4.69, 9.17) is 5.53 Å². The predicted molar refractivity (Wildman–Crippen MR) is 53.4 cm³/mol. The van der Waals surface area contributed by atoms with Gasteiger partial charge in [-0.2, -0.15) is 0 Å². The minimum absolute atomic E-state index is 0.233. The molecule has 1 aromatic heterocycles. The molecule has 2 aromatic rings. The lowest BCUT2D eigenvalue weighted by molar-refractivity contribution is 1.22. The maximum atomic E-state index is 11.4. The predicted octanol–water partition coefficient (Wildman–Crippen LogP) is 2.47. The summed E-state index contributed by atoms with van der Waals surface area (Å²) in [5.74, 6) is 0.233. The molecule has 5 heteroatoms. The molecule has 2 rings (SSSR count). The molecule has 0 unspecified atom stereocenters. The van der Waals surface area contributed by atoms with E-state index in [2.05, 4.69) is 15.0 Å². The summed E-state index contributed by atoms with van der Waals surface area (Å²) < 4.78 is 0. The molecule has 5 nitrogen and oxygen atoms in total.